The Kier molecular flexibility index (Phi) is 19.0. The fourth-order valence-corrected chi connectivity index (χ4v) is 10.3. The molecule has 4 aromatic carbocycles. The van der Waals surface area contributed by atoms with Gasteiger partial charge in [0.2, 0.25) is 15.9 Å². The highest BCUT2D eigenvalue weighted by atomic mass is 35.5. The summed E-state index contributed by atoms with van der Waals surface area (Å²) in [4.78, 5) is 28.7. The number of carbonyl (C=O) groups excluding carboxylic acids is 1. The van der Waals surface area contributed by atoms with Gasteiger partial charge in [-0.2, -0.15) is 0 Å². The molecule has 0 bridgehead atoms. The van der Waals surface area contributed by atoms with Crippen LogP contribution >= 0.6 is 46.1 Å². The Morgan fingerprint density at radius 3 is 1.40 bits per heavy atom. The second-order valence-corrected chi connectivity index (χ2v) is 23.0. The maximum Gasteiger partial charge on any atom is 0.265 e. The molecule has 8 rings (SSSR count). The van der Waals surface area contributed by atoms with Crippen LogP contribution in [0.4, 0.5) is 16.8 Å². The minimum atomic E-state index is -3.73. The predicted molar refractivity (Wildman–Crippen MR) is 282 cm³/mol. The molecule has 15 nitrogen and oxygen atoms in total. The van der Waals surface area contributed by atoms with Crippen molar-refractivity contribution < 1.29 is 30.0 Å². The number of pyridine rings is 3. The van der Waals surface area contributed by atoms with E-state index in [1.54, 1.807) is 121 Å². The number of carbonyl (C=O) groups is 1. The van der Waals surface area contributed by atoms with Crippen LogP contribution in [0.15, 0.2) is 160 Å². The first kappa shape index (κ1) is 54.9. The van der Waals surface area contributed by atoms with Crippen molar-refractivity contribution in [3.8, 4) is 11.3 Å². The Bertz CT molecular complexity index is 3410. The summed E-state index contributed by atoms with van der Waals surface area (Å²) in [5.41, 5.74) is 5.27. The van der Waals surface area contributed by atoms with E-state index >= 15 is 0 Å². The summed E-state index contributed by atoms with van der Waals surface area (Å²) < 4.78 is 78.6. The van der Waals surface area contributed by atoms with Gasteiger partial charge in [0.25, 0.3) is 20.0 Å². The Morgan fingerprint density at radius 1 is 0.543 bits per heavy atom. The monoisotopic (exact) mass is 1080 g/mol. The molecular weight excluding hydrogens is 1040 g/mol. The van der Waals surface area contributed by atoms with Crippen molar-refractivity contribution >= 4 is 109 Å². The summed E-state index contributed by atoms with van der Waals surface area (Å²) in [5, 5.41) is 4.33. The lowest BCUT2D eigenvalue weighted by atomic mass is 10.1. The van der Waals surface area contributed by atoms with Crippen LogP contribution in [0.1, 0.15) is 23.6 Å². The molecule has 0 radical (unpaired) electrons. The molecule has 0 unspecified atom stereocenters. The van der Waals surface area contributed by atoms with Crippen LogP contribution in [-0.4, -0.2) is 72.2 Å². The molecule has 2 N–H and O–H groups in total. The van der Waals surface area contributed by atoms with E-state index in [1.165, 1.54) is 43.7 Å². The van der Waals surface area contributed by atoms with Crippen LogP contribution in [0.3, 0.4) is 0 Å². The number of nitrogens with one attached hydrogen (secondary N) is 2. The van der Waals surface area contributed by atoms with E-state index in [9.17, 15) is 30.0 Å². The van der Waals surface area contributed by atoms with Gasteiger partial charge >= 0.3 is 0 Å². The molecule has 0 spiro atoms. The molecule has 1 amide bonds. The molecule has 0 aliphatic rings. The topological polar surface area (TPSA) is 202 Å². The van der Waals surface area contributed by atoms with Crippen molar-refractivity contribution in [2.24, 2.45) is 0 Å². The highest BCUT2D eigenvalue weighted by molar-refractivity contribution is 7.93. The molecule has 4 aromatic heterocycles. The minimum Gasteiger partial charge on any atom is -0.302 e. The van der Waals surface area contributed by atoms with Gasteiger partial charge in [-0.15, -0.1) is 0 Å². The van der Waals surface area contributed by atoms with Crippen molar-refractivity contribution in [2.75, 3.05) is 35.1 Å². The standard InChI is InChI=1S/C22H20N4O3S2.C13H13ClN2O2S.C8H11NO2S.C5H3Cl2N/c1-14-7-10-17(11-8-14)31(28,29)26(3)21-6-4-5-18(24-21)16-9-12-19-20(13-16)30-22(25-19)23-15(2)27;1-10-6-8-11(9-7-10)19(17,18)16(2)13-5-3-4-12(14)15-13;1-7-3-5-8(6-4-7)12(10,11)9-2;6-4-2-1-3-5(7)8-4/h4-13H,1-3H3,(H,23,25,27);3-9H,1-2H3;3-6,9H,1-2H3;1-3H. The fourth-order valence-electron chi connectivity index (χ4n) is 5.82. The average Bonchev–Trinajstić information content (AvgIpc) is 3.73. The molecular formula is C48H47Cl3N8O7S4. The Balaban J connectivity index is 0.000000197. The van der Waals surface area contributed by atoms with E-state index in [1.807, 2.05) is 45.0 Å². The number of benzene rings is 4. The van der Waals surface area contributed by atoms with Gasteiger partial charge < -0.3 is 5.32 Å². The molecule has 0 fully saturated rings. The lowest BCUT2D eigenvalue weighted by molar-refractivity contribution is -0.114. The number of hydrogen-bond donors (Lipinski definition) is 2. The highest BCUT2D eigenvalue weighted by Gasteiger charge is 2.24. The number of aryl methyl sites for hydroxylation is 3. The first-order valence-electron chi connectivity index (χ1n) is 20.7. The van der Waals surface area contributed by atoms with Gasteiger partial charge in [0.05, 0.1) is 30.6 Å². The second-order valence-electron chi connectivity index (χ2n) is 15.0. The zero-order chi connectivity index (χ0) is 51.4. The number of anilines is 3. The third-order valence-electron chi connectivity index (χ3n) is 9.69. The molecule has 22 heteroatoms. The molecule has 0 aliphatic carbocycles. The maximum atomic E-state index is 13.0. The Hall–Kier alpha value is -6.03. The summed E-state index contributed by atoms with van der Waals surface area (Å²) in [7, 11) is -6.26. The first-order valence-corrected chi connectivity index (χ1v) is 27.0. The second kappa shape index (κ2) is 24.2. The summed E-state index contributed by atoms with van der Waals surface area (Å²) in [6, 6.07) is 41.0. The van der Waals surface area contributed by atoms with Gasteiger partial charge in [-0.3, -0.25) is 13.4 Å². The number of hydrogen-bond acceptors (Lipinski definition) is 12. The van der Waals surface area contributed by atoms with Gasteiger partial charge in [0.1, 0.15) is 27.1 Å². The lowest BCUT2D eigenvalue weighted by Crippen LogP contribution is -2.27. The summed E-state index contributed by atoms with van der Waals surface area (Å²) in [5.74, 6) is 0.431. The molecule has 0 atom stereocenters. The van der Waals surface area contributed by atoms with Crippen molar-refractivity contribution in [3.63, 3.8) is 0 Å². The summed E-state index contributed by atoms with van der Waals surface area (Å²) >= 11 is 18.0. The molecule has 8 aromatic rings. The number of rotatable bonds is 10. The molecule has 0 saturated heterocycles. The predicted octanol–water partition coefficient (Wildman–Crippen LogP) is 10.6. The number of thiazole rings is 1. The smallest absolute Gasteiger partial charge is 0.265 e. The zero-order valence-corrected chi connectivity index (χ0v) is 44.2. The third-order valence-corrected chi connectivity index (χ3v) is 16.2. The maximum absolute atomic E-state index is 13.0. The summed E-state index contributed by atoms with van der Waals surface area (Å²) in [6.07, 6.45) is 0. The third kappa shape index (κ3) is 15.0. The van der Waals surface area contributed by atoms with Gasteiger partial charge in [0.15, 0.2) is 5.13 Å². The lowest BCUT2D eigenvalue weighted by Gasteiger charge is -2.19. The van der Waals surface area contributed by atoms with Crippen molar-refractivity contribution in [2.45, 2.75) is 42.4 Å². The summed E-state index contributed by atoms with van der Waals surface area (Å²) in [6.45, 7) is 7.16. The number of amides is 1. The SMILES string of the molecule is CC(=O)Nc1nc2ccc(-c3cccc(N(C)S(=O)(=O)c4ccc(C)cc4)n3)cc2s1.CNS(=O)(=O)c1ccc(C)cc1.Cc1ccc(S(=O)(=O)N(C)c2cccc(Cl)n2)cc1.Clc1cccc(Cl)n1. The first-order chi connectivity index (χ1) is 33.0. The van der Waals surface area contributed by atoms with Crippen LogP contribution < -0.4 is 18.6 Å². The van der Waals surface area contributed by atoms with E-state index in [0.29, 0.717) is 31.8 Å². The molecule has 0 saturated carbocycles. The van der Waals surface area contributed by atoms with Gasteiger partial charge in [0, 0.05) is 26.6 Å². The zero-order valence-electron chi connectivity index (χ0n) is 38.7. The van der Waals surface area contributed by atoms with E-state index in [-0.39, 0.29) is 26.7 Å². The van der Waals surface area contributed by atoms with Crippen molar-refractivity contribution in [3.05, 3.63) is 178 Å². The number of fused-ring (bicyclic) bond motifs is 1. The van der Waals surface area contributed by atoms with Crippen LogP contribution in [0, 0.1) is 20.8 Å². The molecule has 0 aliphatic heterocycles. The molecule has 366 valence electrons. The van der Waals surface area contributed by atoms with Crippen LogP contribution in [0.25, 0.3) is 21.5 Å². The van der Waals surface area contributed by atoms with Crippen LogP contribution in [0.2, 0.25) is 15.5 Å². The molecule has 70 heavy (non-hydrogen) atoms. The Morgan fingerprint density at radius 2 is 0.971 bits per heavy atom. The van der Waals surface area contributed by atoms with E-state index < -0.39 is 30.1 Å². The fraction of sp³-hybridized carbons (Fsp3) is 0.146. The van der Waals surface area contributed by atoms with E-state index in [2.05, 4.69) is 30.0 Å². The molecule has 4 heterocycles. The van der Waals surface area contributed by atoms with Gasteiger partial charge in [-0.25, -0.2) is 49.9 Å². The van der Waals surface area contributed by atoms with E-state index in [4.69, 9.17) is 34.8 Å². The largest absolute Gasteiger partial charge is 0.302 e. The quantitative estimate of drug-likeness (QED) is 0.123. The van der Waals surface area contributed by atoms with Crippen LogP contribution in [-0.2, 0) is 34.9 Å². The van der Waals surface area contributed by atoms with Crippen molar-refractivity contribution in [1.29, 1.82) is 0 Å². The normalized spacial score (nSPS) is 11.2. The highest BCUT2D eigenvalue weighted by Crippen LogP contribution is 2.31. The number of aromatic nitrogens is 4. The van der Waals surface area contributed by atoms with Crippen LogP contribution in [0.5, 0.6) is 0 Å². The van der Waals surface area contributed by atoms with Gasteiger partial charge in [-0.05, 0) is 113 Å². The number of halogens is 3. The number of sulfonamides is 3. The van der Waals surface area contributed by atoms with Gasteiger partial charge in [-0.1, -0.05) is 123 Å². The van der Waals surface area contributed by atoms with Crippen molar-refractivity contribution in [1.82, 2.24) is 24.7 Å². The number of nitrogens with zero attached hydrogens (tertiary/aromatic N) is 6. The minimum absolute atomic E-state index is 0.175. The average molecular weight is 1080 g/mol. The van der Waals surface area contributed by atoms with E-state index in [0.717, 1.165) is 36.8 Å². The Labute approximate surface area is 427 Å².